The zero-order chi connectivity index (χ0) is 11.5. The summed E-state index contributed by atoms with van der Waals surface area (Å²) < 4.78 is 0. The fraction of sp³-hybridized carbons (Fsp3) is 0.250. The predicted molar refractivity (Wildman–Crippen MR) is 62.7 cm³/mol. The van der Waals surface area contributed by atoms with Crippen molar-refractivity contribution in [3.63, 3.8) is 0 Å². The minimum atomic E-state index is 0.0390. The van der Waals surface area contributed by atoms with Gasteiger partial charge >= 0.3 is 0 Å². The molecule has 2 N–H and O–H groups in total. The SMILES string of the molecule is O=C1C(=CNCCO)Cc2cc(Cl)ccc21. The van der Waals surface area contributed by atoms with E-state index in [9.17, 15) is 4.79 Å². The molecule has 4 heteroatoms. The Morgan fingerprint density at radius 3 is 3.06 bits per heavy atom. The van der Waals surface area contributed by atoms with E-state index < -0.39 is 0 Å². The van der Waals surface area contributed by atoms with Crippen molar-refractivity contribution in [2.24, 2.45) is 0 Å². The summed E-state index contributed by atoms with van der Waals surface area (Å²) >= 11 is 5.87. The second kappa shape index (κ2) is 4.68. The van der Waals surface area contributed by atoms with Crippen LogP contribution in [0.2, 0.25) is 5.02 Å². The number of benzene rings is 1. The van der Waals surface area contributed by atoms with E-state index >= 15 is 0 Å². The Kier molecular flexibility index (Phi) is 3.27. The molecule has 0 fully saturated rings. The number of allylic oxidation sites excluding steroid dienone is 1. The lowest BCUT2D eigenvalue weighted by atomic mass is 10.1. The van der Waals surface area contributed by atoms with E-state index in [4.69, 9.17) is 16.7 Å². The van der Waals surface area contributed by atoms with Gasteiger partial charge in [-0.25, -0.2) is 0 Å². The maximum atomic E-state index is 11.9. The standard InChI is InChI=1S/C12H12ClNO2/c13-10-1-2-11-8(6-10)5-9(12(11)16)7-14-3-4-15/h1-2,6-7,14-15H,3-5H2. The third kappa shape index (κ3) is 2.10. The Bertz CT molecular complexity index is 454. The van der Waals surface area contributed by atoms with E-state index in [1.165, 1.54) is 0 Å². The van der Waals surface area contributed by atoms with Crippen molar-refractivity contribution in [2.45, 2.75) is 6.42 Å². The van der Waals surface area contributed by atoms with Gasteiger partial charge in [0.25, 0.3) is 0 Å². The van der Waals surface area contributed by atoms with Gasteiger partial charge < -0.3 is 10.4 Å². The molecule has 0 unspecified atom stereocenters. The first-order valence-corrected chi connectivity index (χ1v) is 5.46. The largest absolute Gasteiger partial charge is 0.395 e. The zero-order valence-electron chi connectivity index (χ0n) is 8.66. The summed E-state index contributed by atoms with van der Waals surface area (Å²) in [6, 6.07) is 5.30. The zero-order valence-corrected chi connectivity index (χ0v) is 9.42. The van der Waals surface area contributed by atoms with Gasteiger partial charge in [-0.3, -0.25) is 4.79 Å². The van der Waals surface area contributed by atoms with Crippen LogP contribution in [0.3, 0.4) is 0 Å². The van der Waals surface area contributed by atoms with E-state index in [1.54, 1.807) is 18.3 Å². The summed E-state index contributed by atoms with van der Waals surface area (Å²) in [4.78, 5) is 11.9. The van der Waals surface area contributed by atoms with Crippen LogP contribution in [0.15, 0.2) is 30.0 Å². The second-order valence-electron chi connectivity index (χ2n) is 3.65. The number of nitrogens with one attached hydrogen (secondary N) is 1. The fourth-order valence-corrected chi connectivity index (χ4v) is 1.96. The van der Waals surface area contributed by atoms with Gasteiger partial charge in [0.15, 0.2) is 5.78 Å². The minimum Gasteiger partial charge on any atom is -0.395 e. The number of carbonyl (C=O) groups is 1. The summed E-state index contributed by atoms with van der Waals surface area (Å²) in [7, 11) is 0. The number of carbonyl (C=O) groups excluding carboxylic acids is 1. The van der Waals surface area contributed by atoms with Crippen LogP contribution >= 0.6 is 11.6 Å². The summed E-state index contributed by atoms with van der Waals surface area (Å²) in [5.41, 5.74) is 2.40. The van der Waals surface area contributed by atoms with Gasteiger partial charge in [0, 0.05) is 35.3 Å². The van der Waals surface area contributed by atoms with Crippen LogP contribution in [0.1, 0.15) is 15.9 Å². The highest BCUT2D eigenvalue weighted by Crippen LogP contribution is 2.28. The minimum absolute atomic E-state index is 0.0390. The number of fused-ring (bicyclic) bond motifs is 1. The Labute approximate surface area is 98.7 Å². The average Bonchev–Trinajstić information content (AvgIpc) is 2.56. The lowest BCUT2D eigenvalue weighted by molar-refractivity contribution is 0.103. The van der Waals surface area contributed by atoms with E-state index in [0.29, 0.717) is 23.6 Å². The second-order valence-corrected chi connectivity index (χ2v) is 4.09. The van der Waals surface area contributed by atoms with Gasteiger partial charge in [0.1, 0.15) is 0 Å². The van der Waals surface area contributed by atoms with Gasteiger partial charge in [0.2, 0.25) is 0 Å². The van der Waals surface area contributed by atoms with E-state index in [-0.39, 0.29) is 12.4 Å². The molecule has 0 atom stereocenters. The normalized spacial score (nSPS) is 16.6. The first-order valence-electron chi connectivity index (χ1n) is 5.09. The molecule has 0 aromatic heterocycles. The summed E-state index contributed by atoms with van der Waals surface area (Å²) in [5, 5.41) is 12.2. The summed E-state index contributed by atoms with van der Waals surface area (Å²) in [5.74, 6) is 0.0390. The molecule has 1 aliphatic carbocycles. The first kappa shape index (κ1) is 11.2. The molecule has 2 rings (SSSR count). The molecule has 3 nitrogen and oxygen atoms in total. The van der Waals surface area contributed by atoms with E-state index in [1.807, 2.05) is 6.07 Å². The van der Waals surface area contributed by atoms with Crippen molar-refractivity contribution in [1.29, 1.82) is 0 Å². The van der Waals surface area contributed by atoms with E-state index in [2.05, 4.69) is 5.32 Å². The van der Waals surface area contributed by atoms with Crippen molar-refractivity contribution in [2.75, 3.05) is 13.2 Å². The smallest absolute Gasteiger partial charge is 0.191 e. The Morgan fingerprint density at radius 1 is 1.50 bits per heavy atom. The van der Waals surface area contributed by atoms with Gasteiger partial charge in [-0.1, -0.05) is 11.6 Å². The highest BCUT2D eigenvalue weighted by molar-refractivity contribution is 6.31. The molecule has 0 saturated heterocycles. The molecule has 0 spiro atoms. The highest BCUT2D eigenvalue weighted by Gasteiger charge is 2.24. The number of ketones is 1. The van der Waals surface area contributed by atoms with Crippen LogP contribution in [-0.2, 0) is 6.42 Å². The molecular weight excluding hydrogens is 226 g/mol. The third-order valence-corrected chi connectivity index (χ3v) is 2.75. The average molecular weight is 238 g/mol. The van der Waals surface area contributed by atoms with Crippen molar-refractivity contribution in [1.82, 2.24) is 5.32 Å². The Balaban J connectivity index is 2.20. The number of aliphatic hydroxyl groups excluding tert-OH is 1. The molecule has 0 bridgehead atoms. The number of rotatable bonds is 3. The van der Waals surface area contributed by atoms with Crippen LogP contribution in [0.5, 0.6) is 0 Å². The van der Waals surface area contributed by atoms with Crippen LogP contribution in [0, 0.1) is 0 Å². The Morgan fingerprint density at radius 2 is 2.31 bits per heavy atom. The molecule has 0 amide bonds. The maximum absolute atomic E-state index is 11.9. The molecule has 1 aromatic rings. The number of aliphatic hydroxyl groups is 1. The number of hydrogen-bond acceptors (Lipinski definition) is 3. The summed E-state index contributed by atoms with van der Waals surface area (Å²) in [6.07, 6.45) is 2.28. The first-order chi connectivity index (χ1) is 7.72. The molecule has 0 aliphatic heterocycles. The van der Waals surface area contributed by atoms with Gasteiger partial charge in [0.05, 0.1) is 6.61 Å². The lowest BCUT2D eigenvalue weighted by Crippen LogP contribution is -2.13. The number of hydrogen-bond donors (Lipinski definition) is 2. The quantitative estimate of drug-likeness (QED) is 0.620. The molecule has 1 aliphatic rings. The molecule has 84 valence electrons. The fourth-order valence-electron chi connectivity index (χ4n) is 1.76. The lowest BCUT2D eigenvalue weighted by Gasteiger charge is -1.97. The number of halogens is 1. The van der Waals surface area contributed by atoms with Crippen molar-refractivity contribution in [3.8, 4) is 0 Å². The van der Waals surface area contributed by atoms with Crippen molar-refractivity contribution in [3.05, 3.63) is 46.1 Å². The highest BCUT2D eigenvalue weighted by atomic mass is 35.5. The topological polar surface area (TPSA) is 49.3 Å². The van der Waals surface area contributed by atoms with Crippen LogP contribution in [0.4, 0.5) is 0 Å². The van der Waals surface area contributed by atoms with Crippen molar-refractivity contribution < 1.29 is 9.90 Å². The number of Topliss-reactive ketones (excluding diaryl/α,β-unsaturated/α-hetero) is 1. The van der Waals surface area contributed by atoms with Crippen LogP contribution in [-0.4, -0.2) is 24.0 Å². The van der Waals surface area contributed by atoms with Crippen LogP contribution in [0.25, 0.3) is 0 Å². The van der Waals surface area contributed by atoms with Crippen LogP contribution < -0.4 is 5.32 Å². The monoisotopic (exact) mass is 237 g/mol. The maximum Gasteiger partial charge on any atom is 0.191 e. The predicted octanol–water partition coefficient (Wildman–Crippen LogP) is 1.54. The van der Waals surface area contributed by atoms with Gasteiger partial charge in [-0.2, -0.15) is 0 Å². The molecule has 0 heterocycles. The van der Waals surface area contributed by atoms with Gasteiger partial charge in [-0.15, -0.1) is 0 Å². The molecular formula is C12H12ClNO2. The van der Waals surface area contributed by atoms with E-state index in [0.717, 1.165) is 11.1 Å². The molecule has 0 saturated carbocycles. The third-order valence-electron chi connectivity index (χ3n) is 2.52. The van der Waals surface area contributed by atoms with Crippen molar-refractivity contribution >= 4 is 17.4 Å². The molecule has 0 radical (unpaired) electrons. The molecule has 16 heavy (non-hydrogen) atoms. The Hall–Kier alpha value is -1.32. The van der Waals surface area contributed by atoms with Gasteiger partial charge in [-0.05, 0) is 23.8 Å². The summed E-state index contributed by atoms with van der Waals surface area (Å²) in [6.45, 7) is 0.505. The molecule has 1 aromatic carbocycles.